The Labute approximate surface area is 184 Å². The molecule has 0 spiro atoms. The van der Waals surface area contributed by atoms with Gasteiger partial charge < -0.3 is 10.0 Å². The molecule has 2 aromatic heterocycles. The van der Waals surface area contributed by atoms with E-state index in [0.29, 0.717) is 5.75 Å². The summed E-state index contributed by atoms with van der Waals surface area (Å²) in [6.07, 6.45) is 3.67. The van der Waals surface area contributed by atoms with Gasteiger partial charge in [-0.05, 0) is 29.7 Å². The van der Waals surface area contributed by atoms with Gasteiger partial charge in [-0.15, -0.1) is 0 Å². The van der Waals surface area contributed by atoms with Crippen molar-refractivity contribution >= 4 is 38.3 Å². The molecule has 0 bridgehead atoms. The number of phenols is 1. The van der Waals surface area contributed by atoms with Gasteiger partial charge in [0.05, 0.1) is 16.7 Å². The summed E-state index contributed by atoms with van der Waals surface area (Å²) in [6, 6.07) is 23.8. The average Bonchev–Trinajstić information content (AvgIpc) is 2.74. The van der Waals surface area contributed by atoms with Crippen LogP contribution in [0.3, 0.4) is 0 Å². The molecular weight excluding hydrogens is 541 g/mol. The van der Waals surface area contributed by atoms with Crippen LogP contribution in [0.1, 0.15) is 0 Å². The number of fused-ring (bicyclic) bond motifs is 5. The summed E-state index contributed by atoms with van der Waals surface area (Å²) in [7, 11) is 3.80. The molecule has 3 aromatic carbocycles. The van der Waals surface area contributed by atoms with Gasteiger partial charge in [0.25, 0.3) is 0 Å². The summed E-state index contributed by atoms with van der Waals surface area (Å²) in [4.78, 5) is 10.9. The molecule has 0 aliphatic heterocycles. The number of pyridine rings is 2. The van der Waals surface area contributed by atoms with E-state index in [1.165, 1.54) is 5.39 Å². The van der Waals surface area contributed by atoms with Gasteiger partial charge in [0.15, 0.2) is 0 Å². The average molecular weight is 563 g/mol. The van der Waals surface area contributed by atoms with Crippen molar-refractivity contribution in [3.63, 3.8) is 0 Å². The summed E-state index contributed by atoms with van der Waals surface area (Å²) in [5.41, 5.74) is 2.90. The largest absolute Gasteiger partial charge is 0.506 e. The molecule has 0 fully saturated rings. The second-order valence-corrected chi connectivity index (χ2v) is 6.76. The molecule has 1 N–H and O–H groups in total. The van der Waals surface area contributed by atoms with Gasteiger partial charge in [0, 0.05) is 63.7 Å². The predicted octanol–water partition coefficient (Wildman–Crippen LogP) is 5.39. The standard InChI is InChI=1S/C16H10N2.C8H11NO.Pt/c1-3-12-7-5-11-6-8-13-4-2-10-18-16(13)14(11)15(12)17-9-1;1-9(2)7-5-3-4-6-8(7)10;/h1-10H;3-6,10H,1-2H3;. The SMILES string of the molecule is CN(C)c1ccccc1O.[Pt].c1cnc2c(c1)ccc1ccc3cccnc3c12. The molecule has 4 nitrogen and oxygen atoms in total. The fourth-order valence-electron chi connectivity index (χ4n) is 3.33. The molecule has 5 aromatic rings. The number of para-hydroxylation sites is 2. The molecule has 0 unspecified atom stereocenters. The van der Waals surface area contributed by atoms with Crippen molar-refractivity contribution in [2.45, 2.75) is 0 Å². The quantitative estimate of drug-likeness (QED) is 0.279. The maximum atomic E-state index is 9.24. The normalized spacial score (nSPS) is 10.3. The van der Waals surface area contributed by atoms with E-state index in [1.807, 2.05) is 61.7 Å². The molecule has 0 amide bonds. The Bertz CT molecular complexity index is 1200. The number of hydrogen-bond donors (Lipinski definition) is 1. The maximum absolute atomic E-state index is 9.24. The van der Waals surface area contributed by atoms with Crippen molar-refractivity contribution < 1.29 is 26.2 Å². The summed E-state index contributed by atoms with van der Waals surface area (Å²) in [6.45, 7) is 0. The fourth-order valence-corrected chi connectivity index (χ4v) is 3.33. The number of aromatic nitrogens is 2. The van der Waals surface area contributed by atoms with Gasteiger partial charge in [-0.2, -0.15) is 0 Å². The minimum Gasteiger partial charge on any atom is -0.506 e. The Hall–Kier alpha value is -2.97. The molecule has 2 heterocycles. The zero-order chi connectivity index (χ0) is 19.5. The summed E-state index contributed by atoms with van der Waals surface area (Å²) >= 11 is 0. The van der Waals surface area contributed by atoms with Crippen LogP contribution in [0, 0.1) is 0 Å². The minimum absolute atomic E-state index is 0. The van der Waals surface area contributed by atoms with E-state index in [0.717, 1.165) is 32.9 Å². The zero-order valence-electron chi connectivity index (χ0n) is 16.2. The van der Waals surface area contributed by atoms with E-state index < -0.39 is 0 Å². The van der Waals surface area contributed by atoms with Crippen LogP contribution in [0.2, 0.25) is 0 Å². The van der Waals surface area contributed by atoms with Crippen LogP contribution < -0.4 is 4.90 Å². The van der Waals surface area contributed by atoms with Crippen molar-refractivity contribution in [2.75, 3.05) is 19.0 Å². The monoisotopic (exact) mass is 562 g/mol. The first-order valence-corrected chi connectivity index (χ1v) is 9.11. The van der Waals surface area contributed by atoms with Crippen molar-refractivity contribution in [2.24, 2.45) is 0 Å². The van der Waals surface area contributed by atoms with Crippen molar-refractivity contribution in [1.82, 2.24) is 9.97 Å². The van der Waals surface area contributed by atoms with Crippen molar-refractivity contribution in [1.29, 1.82) is 0 Å². The molecule has 5 heteroatoms. The van der Waals surface area contributed by atoms with Gasteiger partial charge in [-0.3, -0.25) is 9.97 Å². The minimum atomic E-state index is 0. The molecule has 0 aliphatic rings. The van der Waals surface area contributed by atoms with Crippen molar-refractivity contribution in [3.05, 3.63) is 85.2 Å². The Morgan fingerprint density at radius 1 is 0.655 bits per heavy atom. The van der Waals surface area contributed by atoms with E-state index in [-0.39, 0.29) is 21.1 Å². The molecular formula is C24H21N3OPt. The van der Waals surface area contributed by atoms with E-state index in [9.17, 15) is 5.11 Å². The van der Waals surface area contributed by atoms with Gasteiger partial charge in [0.1, 0.15) is 5.75 Å². The maximum Gasteiger partial charge on any atom is 0.138 e. The van der Waals surface area contributed by atoms with Gasteiger partial charge in [-0.25, -0.2) is 0 Å². The number of hydrogen-bond acceptors (Lipinski definition) is 4. The molecule has 5 rings (SSSR count). The number of aromatic hydroxyl groups is 1. The number of anilines is 1. The summed E-state index contributed by atoms with van der Waals surface area (Å²) < 4.78 is 0. The summed E-state index contributed by atoms with van der Waals surface area (Å²) in [5.74, 6) is 0.326. The third-order valence-corrected chi connectivity index (χ3v) is 4.69. The Morgan fingerprint density at radius 3 is 1.66 bits per heavy atom. The number of rotatable bonds is 1. The number of phenolic OH excluding ortho intramolecular Hbond substituents is 1. The first-order valence-electron chi connectivity index (χ1n) is 9.11. The van der Waals surface area contributed by atoms with Gasteiger partial charge >= 0.3 is 0 Å². The van der Waals surface area contributed by atoms with E-state index in [4.69, 9.17) is 0 Å². The molecule has 29 heavy (non-hydrogen) atoms. The number of nitrogens with zero attached hydrogens (tertiary/aromatic N) is 3. The molecule has 0 atom stereocenters. The zero-order valence-corrected chi connectivity index (χ0v) is 18.5. The van der Waals surface area contributed by atoms with E-state index in [1.54, 1.807) is 6.07 Å². The van der Waals surface area contributed by atoms with Crippen LogP contribution in [-0.2, 0) is 21.1 Å². The van der Waals surface area contributed by atoms with Crippen LogP contribution in [0.4, 0.5) is 5.69 Å². The Morgan fingerprint density at radius 2 is 1.17 bits per heavy atom. The Balaban J connectivity index is 0.000000189. The van der Waals surface area contributed by atoms with Crippen LogP contribution >= 0.6 is 0 Å². The first-order chi connectivity index (χ1) is 13.6. The second kappa shape index (κ2) is 9.02. The third kappa shape index (κ3) is 4.23. The van der Waals surface area contributed by atoms with E-state index in [2.05, 4.69) is 46.4 Å². The number of benzene rings is 3. The van der Waals surface area contributed by atoms with Crippen LogP contribution in [0.15, 0.2) is 85.2 Å². The van der Waals surface area contributed by atoms with Crippen LogP contribution in [-0.4, -0.2) is 29.2 Å². The molecule has 0 saturated heterocycles. The third-order valence-electron chi connectivity index (χ3n) is 4.69. The van der Waals surface area contributed by atoms with Crippen LogP contribution in [0.25, 0.3) is 32.6 Å². The summed E-state index contributed by atoms with van der Waals surface area (Å²) in [5, 5.41) is 13.9. The smallest absolute Gasteiger partial charge is 0.138 e. The second-order valence-electron chi connectivity index (χ2n) is 6.76. The predicted molar refractivity (Wildman–Crippen MR) is 117 cm³/mol. The van der Waals surface area contributed by atoms with E-state index >= 15 is 0 Å². The van der Waals surface area contributed by atoms with Crippen LogP contribution in [0.5, 0.6) is 5.75 Å². The first kappa shape index (κ1) is 20.8. The van der Waals surface area contributed by atoms with Gasteiger partial charge in [0.2, 0.25) is 0 Å². The fraction of sp³-hybridized carbons (Fsp3) is 0.0833. The molecule has 148 valence electrons. The topological polar surface area (TPSA) is 49.2 Å². The molecule has 0 saturated carbocycles. The Kier molecular flexibility index (Phi) is 6.45. The molecule has 0 radical (unpaired) electrons. The van der Waals surface area contributed by atoms with Gasteiger partial charge in [-0.1, -0.05) is 48.5 Å². The van der Waals surface area contributed by atoms with Crippen molar-refractivity contribution in [3.8, 4) is 5.75 Å². The molecule has 0 aliphatic carbocycles.